The van der Waals surface area contributed by atoms with E-state index in [1.165, 1.54) is 4.90 Å². The Hall–Kier alpha value is -1.84. The van der Waals surface area contributed by atoms with Gasteiger partial charge in [0.15, 0.2) is 9.84 Å². The molecule has 0 aliphatic carbocycles. The zero-order valence-corrected chi connectivity index (χ0v) is 18.0. The number of sulfone groups is 1. The normalized spacial score (nSPS) is 11.1. The van der Waals surface area contributed by atoms with Crippen LogP contribution in [0.4, 0.5) is 10.5 Å². The van der Waals surface area contributed by atoms with Crippen LogP contribution in [-0.2, 0) is 20.4 Å². The third-order valence-electron chi connectivity index (χ3n) is 3.35. The lowest BCUT2D eigenvalue weighted by Gasteiger charge is -2.13. The van der Waals surface area contributed by atoms with Gasteiger partial charge in [0, 0.05) is 23.5 Å². The van der Waals surface area contributed by atoms with Crippen LogP contribution in [0, 0.1) is 0 Å². The highest BCUT2D eigenvalue weighted by molar-refractivity contribution is 9.10. The fourth-order valence-corrected chi connectivity index (χ4v) is 4.62. The summed E-state index contributed by atoms with van der Waals surface area (Å²) >= 11 is 4.26. The fraction of sp³-hybridized carbons (Fsp3) is 0.222. The molecule has 2 amide bonds. The summed E-state index contributed by atoms with van der Waals surface area (Å²) in [6.07, 6.45) is 0. The predicted octanol–water partition coefficient (Wildman–Crippen LogP) is 3.78. The van der Waals surface area contributed by atoms with E-state index < -0.39 is 21.5 Å². The van der Waals surface area contributed by atoms with Gasteiger partial charge in [-0.1, -0.05) is 40.2 Å². The van der Waals surface area contributed by atoms with E-state index in [1.54, 1.807) is 62.6 Å². The summed E-state index contributed by atoms with van der Waals surface area (Å²) in [5.74, 6) is -1.51. The number of thioether (sulfide) groups is 1. The van der Waals surface area contributed by atoms with Gasteiger partial charge in [0.05, 0.1) is 11.4 Å². The number of carbonyl (C=O) groups excluding carboxylic acids is 2. The second kappa shape index (κ2) is 9.38. The van der Waals surface area contributed by atoms with Crippen molar-refractivity contribution in [1.29, 1.82) is 0 Å². The molecule has 2 rings (SSSR count). The molecular weight excluding hydrogens is 452 g/mol. The van der Waals surface area contributed by atoms with Gasteiger partial charge in [-0.05, 0) is 41.6 Å². The van der Waals surface area contributed by atoms with Crippen molar-refractivity contribution in [2.75, 3.05) is 25.2 Å². The van der Waals surface area contributed by atoms with Crippen molar-refractivity contribution >= 4 is 54.4 Å². The molecule has 1 N–H and O–H groups in total. The van der Waals surface area contributed by atoms with Crippen LogP contribution in [0.3, 0.4) is 0 Å². The van der Waals surface area contributed by atoms with E-state index in [9.17, 15) is 18.0 Å². The minimum absolute atomic E-state index is 0.195. The number of anilines is 1. The van der Waals surface area contributed by atoms with Gasteiger partial charge in [0.1, 0.15) is 5.75 Å². The number of hydrogen-bond acceptors (Lipinski definition) is 5. The molecule has 0 fully saturated rings. The number of para-hydroxylation sites is 1. The molecule has 6 nitrogen and oxygen atoms in total. The van der Waals surface area contributed by atoms with E-state index >= 15 is 0 Å². The lowest BCUT2D eigenvalue weighted by molar-refractivity contribution is -0.113. The summed E-state index contributed by atoms with van der Waals surface area (Å²) in [4.78, 5) is 26.1. The summed E-state index contributed by atoms with van der Waals surface area (Å²) in [6, 6.07) is 13.7. The molecule has 0 saturated heterocycles. The summed E-state index contributed by atoms with van der Waals surface area (Å²) in [6.45, 7) is 0. The van der Waals surface area contributed by atoms with Gasteiger partial charge in [-0.2, -0.15) is 0 Å². The quantitative estimate of drug-likeness (QED) is 0.649. The van der Waals surface area contributed by atoms with Gasteiger partial charge in [0.2, 0.25) is 5.91 Å². The molecule has 0 saturated carbocycles. The number of nitrogens with zero attached hydrogens (tertiary/aromatic N) is 1. The van der Waals surface area contributed by atoms with Gasteiger partial charge >= 0.3 is 0 Å². The number of nitrogens with one attached hydrogen (secondary N) is 1. The highest BCUT2D eigenvalue weighted by atomic mass is 79.9. The Morgan fingerprint density at radius 2 is 1.81 bits per heavy atom. The molecule has 27 heavy (non-hydrogen) atoms. The Morgan fingerprint density at radius 1 is 1.11 bits per heavy atom. The number of hydrogen-bond donors (Lipinski definition) is 1. The van der Waals surface area contributed by atoms with E-state index in [0.29, 0.717) is 16.1 Å². The van der Waals surface area contributed by atoms with E-state index in [4.69, 9.17) is 0 Å². The highest BCUT2D eigenvalue weighted by Gasteiger charge is 2.19. The second-order valence-electron chi connectivity index (χ2n) is 5.97. The molecule has 2 aromatic carbocycles. The minimum Gasteiger partial charge on any atom is -0.339 e. The van der Waals surface area contributed by atoms with E-state index in [-0.39, 0.29) is 11.0 Å². The third kappa shape index (κ3) is 7.00. The van der Waals surface area contributed by atoms with E-state index in [2.05, 4.69) is 21.2 Å². The highest BCUT2D eigenvalue weighted by Crippen LogP contribution is 2.28. The maximum Gasteiger partial charge on any atom is 0.286 e. The maximum absolute atomic E-state index is 12.3. The van der Waals surface area contributed by atoms with Gasteiger partial charge < -0.3 is 10.2 Å². The van der Waals surface area contributed by atoms with Crippen LogP contribution < -0.4 is 5.32 Å². The Kier molecular flexibility index (Phi) is 7.46. The molecule has 0 aliphatic rings. The van der Waals surface area contributed by atoms with Crippen LogP contribution in [0.15, 0.2) is 57.9 Å². The topological polar surface area (TPSA) is 83.6 Å². The first kappa shape index (κ1) is 21.5. The number of rotatable bonds is 6. The average molecular weight is 471 g/mol. The van der Waals surface area contributed by atoms with Gasteiger partial charge in [-0.15, -0.1) is 0 Å². The number of amides is 2. The van der Waals surface area contributed by atoms with Gasteiger partial charge in [0.25, 0.3) is 5.24 Å². The van der Waals surface area contributed by atoms with Gasteiger partial charge in [-0.25, -0.2) is 8.42 Å². The van der Waals surface area contributed by atoms with Crippen molar-refractivity contribution in [3.63, 3.8) is 0 Å². The van der Waals surface area contributed by atoms with Crippen LogP contribution >= 0.6 is 27.7 Å². The van der Waals surface area contributed by atoms with Crippen LogP contribution in [0.1, 0.15) is 5.56 Å². The van der Waals surface area contributed by atoms with Crippen LogP contribution in [0.5, 0.6) is 0 Å². The first-order valence-corrected chi connectivity index (χ1v) is 11.3. The molecule has 0 heterocycles. The van der Waals surface area contributed by atoms with Crippen molar-refractivity contribution in [2.24, 2.45) is 0 Å². The van der Waals surface area contributed by atoms with Crippen molar-refractivity contribution < 1.29 is 18.0 Å². The van der Waals surface area contributed by atoms with Crippen LogP contribution in [0.2, 0.25) is 0 Å². The minimum atomic E-state index is -3.63. The average Bonchev–Trinajstić information content (AvgIpc) is 2.55. The second-order valence-corrected chi connectivity index (χ2v) is 9.94. The third-order valence-corrected chi connectivity index (χ3v) is 6.43. The van der Waals surface area contributed by atoms with E-state index in [1.807, 2.05) is 0 Å². The summed E-state index contributed by atoms with van der Waals surface area (Å²) in [5, 5.41) is 2.39. The van der Waals surface area contributed by atoms with Crippen molar-refractivity contribution in [2.45, 2.75) is 10.6 Å². The SMILES string of the molecule is CN(C)C(=O)Sc1ccccc1NC(=O)CS(=O)(=O)Cc1cccc(Br)c1. The first-order chi connectivity index (χ1) is 12.7. The van der Waals surface area contributed by atoms with Gasteiger partial charge in [-0.3, -0.25) is 9.59 Å². The fourth-order valence-electron chi connectivity index (χ4n) is 2.16. The van der Waals surface area contributed by atoms with Crippen molar-refractivity contribution in [3.05, 3.63) is 58.6 Å². The molecule has 0 aliphatic heterocycles. The molecule has 9 heteroatoms. The first-order valence-electron chi connectivity index (χ1n) is 7.89. The molecular formula is C18H19BrN2O4S2. The predicted molar refractivity (Wildman–Crippen MR) is 112 cm³/mol. The number of halogens is 1. The molecule has 0 spiro atoms. The van der Waals surface area contributed by atoms with Crippen molar-refractivity contribution in [3.8, 4) is 0 Å². The Labute approximate surface area is 171 Å². The largest absolute Gasteiger partial charge is 0.339 e. The van der Waals surface area contributed by atoms with Crippen LogP contribution in [-0.4, -0.2) is 44.3 Å². The Morgan fingerprint density at radius 3 is 2.48 bits per heavy atom. The standard InChI is InChI=1S/C18H19BrN2O4S2/c1-21(2)18(23)26-16-9-4-3-8-15(16)20-17(22)12-27(24,25)11-13-6-5-7-14(19)10-13/h3-10H,11-12H2,1-2H3,(H,20,22). The zero-order valence-electron chi connectivity index (χ0n) is 14.8. The van der Waals surface area contributed by atoms with Crippen molar-refractivity contribution in [1.82, 2.24) is 4.90 Å². The number of benzene rings is 2. The van der Waals surface area contributed by atoms with E-state index in [0.717, 1.165) is 16.2 Å². The number of carbonyl (C=O) groups is 2. The van der Waals surface area contributed by atoms with Crippen LogP contribution in [0.25, 0.3) is 0 Å². The zero-order chi connectivity index (χ0) is 20.0. The molecule has 0 radical (unpaired) electrons. The molecule has 2 aromatic rings. The molecule has 0 unspecified atom stereocenters. The monoisotopic (exact) mass is 470 g/mol. The summed E-state index contributed by atoms with van der Waals surface area (Å²) in [5.41, 5.74) is 1.00. The molecule has 144 valence electrons. The Balaban J connectivity index is 2.06. The Bertz CT molecular complexity index is 946. The molecule has 0 bridgehead atoms. The summed E-state index contributed by atoms with van der Waals surface area (Å²) < 4.78 is 25.4. The smallest absolute Gasteiger partial charge is 0.286 e. The molecule has 0 atom stereocenters. The lowest BCUT2D eigenvalue weighted by atomic mass is 10.2. The summed E-state index contributed by atoms with van der Waals surface area (Å²) in [7, 11) is -0.375. The molecule has 0 aromatic heterocycles. The lowest BCUT2D eigenvalue weighted by Crippen LogP contribution is -2.24. The maximum atomic E-state index is 12.3.